The first-order chi connectivity index (χ1) is 10.2. The Kier molecular flexibility index (Phi) is 5.56. The molecule has 0 aliphatic carbocycles. The second kappa shape index (κ2) is 7.63. The van der Waals surface area contributed by atoms with E-state index in [0.29, 0.717) is 11.1 Å². The van der Waals surface area contributed by atoms with E-state index < -0.39 is 0 Å². The number of carbonyl (C=O) groups is 1. The molecule has 0 radical (unpaired) electrons. The van der Waals surface area contributed by atoms with Gasteiger partial charge in [-0.1, -0.05) is 24.0 Å². The van der Waals surface area contributed by atoms with E-state index in [4.69, 9.17) is 5.11 Å². The first kappa shape index (κ1) is 15.3. The van der Waals surface area contributed by atoms with Crippen LogP contribution in [0.15, 0.2) is 41.1 Å². The number of hydrogen-bond donors (Lipinski definition) is 2. The van der Waals surface area contributed by atoms with E-state index in [2.05, 4.69) is 28.6 Å². The van der Waals surface area contributed by atoms with Crippen LogP contribution in [0, 0.1) is 11.8 Å². The Balaban J connectivity index is 2.06. The van der Waals surface area contributed by atoms with Crippen LogP contribution < -0.4 is 5.32 Å². The lowest BCUT2D eigenvalue weighted by molar-refractivity contribution is 0.0940. The molecule has 1 heterocycles. The molecule has 1 aromatic carbocycles. The lowest BCUT2D eigenvalue weighted by Gasteiger charge is -2.14. The Bertz CT molecular complexity index is 653. The maximum absolute atomic E-state index is 12.3. The summed E-state index contributed by atoms with van der Waals surface area (Å²) in [6.07, 6.45) is 0.805. The number of aliphatic hydroxyl groups is 1. The molecule has 21 heavy (non-hydrogen) atoms. The van der Waals surface area contributed by atoms with Gasteiger partial charge in [-0.3, -0.25) is 4.79 Å². The van der Waals surface area contributed by atoms with Gasteiger partial charge >= 0.3 is 0 Å². The molecule has 2 N–H and O–H groups in total. The normalized spacial score (nSPS) is 11.3. The van der Waals surface area contributed by atoms with E-state index in [1.807, 2.05) is 24.4 Å². The molecule has 1 unspecified atom stereocenters. The predicted octanol–water partition coefficient (Wildman–Crippen LogP) is 2.45. The summed E-state index contributed by atoms with van der Waals surface area (Å²) in [5.74, 6) is 5.24. The molecule has 2 aromatic rings. The lowest BCUT2D eigenvalue weighted by Crippen LogP contribution is -2.34. The average Bonchev–Trinajstić information content (AvgIpc) is 2.98. The number of nitrogens with one attached hydrogen (secondary N) is 1. The van der Waals surface area contributed by atoms with Crippen LogP contribution in [0.2, 0.25) is 0 Å². The molecule has 0 saturated carbocycles. The zero-order chi connectivity index (χ0) is 15.1. The smallest absolute Gasteiger partial charge is 0.252 e. The third-order valence-electron chi connectivity index (χ3n) is 2.97. The summed E-state index contributed by atoms with van der Waals surface area (Å²) in [6.45, 7) is 1.77. The molecule has 108 valence electrons. The van der Waals surface area contributed by atoms with Crippen molar-refractivity contribution in [3.63, 3.8) is 0 Å². The van der Waals surface area contributed by atoms with Crippen LogP contribution in [0.1, 0.15) is 28.4 Å². The van der Waals surface area contributed by atoms with Gasteiger partial charge in [0.05, 0.1) is 5.56 Å². The number of thiophene rings is 1. The summed E-state index contributed by atoms with van der Waals surface area (Å²) in [4.78, 5) is 12.3. The minimum atomic E-state index is -0.218. The van der Waals surface area contributed by atoms with Gasteiger partial charge in [0.1, 0.15) is 6.61 Å². The standard InChI is InChI=1S/C17H17NO2S/c1-13(11-14-8-10-21-12-14)18-17(20)16-7-3-2-5-15(16)6-4-9-19/h2-3,5,7-8,10,12-13,19H,9,11H2,1H3,(H,18,20). The fourth-order valence-electron chi connectivity index (χ4n) is 2.04. The summed E-state index contributed by atoms with van der Waals surface area (Å²) in [6, 6.07) is 9.27. The second-order valence-corrected chi connectivity index (χ2v) is 5.50. The van der Waals surface area contributed by atoms with E-state index in [1.54, 1.807) is 23.5 Å². The van der Waals surface area contributed by atoms with E-state index in [0.717, 1.165) is 6.42 Å². The number of hydrogen-bond acceptors (Lipinski definition) is 3. The monoisotopic (exact) mass is 299 g/mol. The van der Waals surface area contributed by atoms with Gasteiger partial charge in [-0.2, -0.15) is 11.3 Å². The van der Waals surface area contributed by atoms with Gasteiger partial charge in [-0.05, 0) is 47.9 Å². The average molecular weight is 299 g/mol. The molecule has 1 aromatic heterocycles. The van der Waals surface area contributed by atoms with Crippen LogP contribution in [0.25, 0.3) is 0 Å². The first-order valence-electron chi connectivity index (χ1n) is 6.71. The zero-order valence-electron chi connectivity index (χ0n) is 11.8. The van der Waals surface area contributed by atoms with Gasteiger partial charge in [0.2, 0.25) is 0 Å². The van der Waals surface area contributed by atoms with Crippen LogP contribution in [0.4, 0.5) is 0 Å². The van der Waals surface area contributed by atoms with E-state index in [-0.39, 0.29) is 18.6 Å². The number of amides is 1. The topological polar surface area (TPSA) is 49.3 Å². The Hall–Kier alpha value is -2.09. The summed E-state index contributed by atoms with van der Waals surface area (Å²) in [5, 5.41) is 15.9. The third-order valence-corrected chi connectivity index (χ3v) is 3.71. The minimum absolute atomic E-state index is 0.0472. The lowest BCUT2D eigenvalue weighted by atomic mass is 10.1. The van der Waals surface area contributed by atoms with Crippen molar-refractivity contribution >= 4 is 17.2 Å². The van der Waals surface area contributed by atoms with E-state index >= 15 is 0 Å². The van der Waals surface area contributed by atoms with Crippen molar-refractivity contribution in [3.05, 3.63) is 57.8 Å². The van der Waals surface area contributed by atoms with Crippen LogP contribution in [0.5, 0.6) is 0 Å². The maximum atomic E-state index is 12.3. The summed E-state index contributed by atoms with van der Waals surface area (Å²) < 4.78 is 0. The van der Waals surface area contributed by atoms with Gasteiger partial charge in [0.25, 0.3) is 5.91 Å². The molecule has 1 amide bonds. The van der Waals surface area contributed by atoms with Gasteiger partial charge < -0.3 is 10.4 Å². The largest absolute Gasteiger partial charge is 0.384 e. The van der Waals surface area contributed by atoms with Gasteiger partial charge in [-0.15, -0.1) is 0 Å². The molecule has 0 saturated heterocycles. The molecule has 3 nitrogen and oxygen atoms in total. The highest BCUT2D eigenvalue weighted by Gasteiger charge is 2.13. The summed E-state index contributed by atoms with van der Waals surface area (Å²) in [7, 11) is 0. The van der Waals surface area contributed by atoms with E-state index in [9.17, 15) is 4.79 Å². The summed E-state index contributed by atoms with van der Waals surface area (Å²) >= 11 is 1.65. The fraction of sp³-hybridized carbons (Fsp3) is 0.235. The van der Waals surface area contributed by atoms with Crippen LogP contribution in [0.3, 0.4) is 0 Å². The third kappa shape index (κ3) is 4.45. The SMILES string of the molecule is CC(Cc1ccsc1)NC(=O)c1ccccc1C#CCO. The van der Waals surface area contributed by atoms with Crippen LogP contribution >= 0.6 is 11.3 Å². The first-order valence-corrected chi connectivity index (χ1v) is 7.65. The molecule has 1 atom stereocenters. The number of benzene rings is 1. The number of rotatable bonds is 4. The molecule has 4 heteroatoms. The predicted molar refractivity (Wildman–Crippen MR) is 85.4 cm³/mol. The second-order valence-electron chi connectivity index (χ2n) is 4.72. The van der Waals surface area contributed by atoms with Crippen LogP contribution in [-0.2, 0) is 6.42 Å². The Morgan fingerprint density at radius 2 is 2.19 bits per heavy atom. The number of aliphatic hydroxyl groups excluding tert-OH is 1. The van der Waals surface area contributed by atoms with Gasteiger partial charge in [0.15, 0.2) is 0 Å². The Labute approximate surface area is 128 Å². The quantitative estimate of drug-likeness (QED) is 0.852. The highest BCUT2D eigenvalue weighted by atomic mass is 32.1. The van der Waals surface area contributed by atoms with Crippen molar-refractivity contribution in [3.8, 4) is 11.8 Å². The highest BCUT2D eigenvalue weighted by molar-refractivity contribution is 7.07. The van der Waals surface area contributed by atoms with Crippen molar-refractivity contribution < 1.29 is 9.90 Å². The van der Waals surface area contributed by atoms with Crippen molar-refractivity contribution in [2.24, 2.45) is 0 Å². The van der Waals surface area contributed by atoms with Crippen LogP contribution in [-0.4, -0.2) is 23.7 Å². The van der Waals surface area contributed by atoms with E-state index in [1.165, 1.54) is 5.56 Å². The van der Waals surface area contributed by atoms with Gasteiger partial charge in [-0.25, -0.2) is 0 Å². The molecule has 0 spiro atoms. The van der Waals surface area contributed by atoms with Gasteiger partial charge in [0, 0.05) is 11.6 Å². The van der Waals surface area contributed by atoms with Crippen molar-refractivity contribution in [1.82, 2.24) is 5.32 Å². The molecule has 0 aliphatic rings. The van der Waals surface area contributed by atoms with Crippen molar-refractivity contribution in [1.29, 1.82) is 0 Å². The zero-order valence-corrected chi connectivity index (χ0v) is 12.6. The molecule has 0 fully saturated rings. The van der Waals surface area contributed by atoms with Crippen molar-refractivity contribution in [2.45, 2.75) is 19.4 Å². The molecule has 0 aliphatic heterocycles. The Morgan fingerprint density at radius 1 is 1.38 bits per heavy atom. The summed E-state index contributed by atoms with van der Waals surface area (Å²) in [5.41, 5.74) is 2.39. The van der Waals surface area contributed by atoms with Crippen molar-refractivity contribution in [2.75, 3.05) is 6.61 Å². The fourth-order valence-corrected chi connectivity index (χ4v) is 2.72. The minimum Gasteiger partial charge on any atom is -0.384 e. The number of carbonyl (C=O) groups excluding carboxylic acids is 1. The molecular weight excluding hydrogens is 282 g/mol. The molecule has 2 rings (SSSR count). The molecular formula is C17H17NO2S. The highest BCUT2D eigenvalue weighted by Crippen LogP contribution is 2.11. The molecule has 0 bridgehead atoms. The maximum Gasteiger partial charge on any atom is 0.252 e. The Morgan fingerprint density at radius 3 is 2.90 bits per heavy atom.